The molecule has 0 saturated carbocycles. The van der Waals surface area contributed by atoms with Crippen molar-refractivity contribution in [2.24, 2.45) is 0 Å². The van der Waals surface area contributed by atoms with E-state index in [0.717, 1.165) is 23.1 Å². The van der Waals surface area contributed by atoms with Gasteiger partial charge in [-0.05, 0) is 66.3 Å². The fourth-order valence-electron chi connectivity index (χ4n) is 5.74. The second-order valence-electron chi connectivity index (χ2n) is 11.3. The van der Waals surface area contributed by atoms with Gasteiger partial charge in [-0.1, -0.05) is 24.3 Å². The molecule has 10 heteroatoms. The van der Waals surface area contributed by atoms with E-state index in [1.165, 1.54) is 0 Å². The van der Waals surface area contributed by atoms with Gasteiger partial charge in [0.25, 0.3) is 0 Å². The van der Waals surface area contributed by atoms with Crippen molar-refractivity contribution in [3.05, 3.63) is 83.7 Å². The number of ether oxygens (including phenoxy) is 4. The average molecular weight is 603 g/mol. The van der Waals surface area contributed by atoms with E-state index >= 15 is 0 Å². The molecule has 2 amide bonds. The molecule has 10 nitrogen and oxygen atoms in total. The van der Waals surface area contributed by atoms with Crippen molar-refractivity contribution in [3.63, 3.8) is 0 Å². The SMILES string of the molecule is COCCCN1CC(=O)N[C@@H]2CN(C(=O)CCc3cccnc3)CC[C@@H]2OCc2cccc(c2)Oc2cc(ccc2OC)C1. The van der Waals surface area contributed by atoms with Crippen LogP contribution in [0.5, 0.6) is 17.2 Å². The lowest BCUT2D eigenvalue weighted by Crippen LogP contribution is -2.58. The van der Waals surface area contributed by atoms with Gasteiger partial charge in [0.15, 0.2) is 11.5 Å². The maximum atomic E-state index is 13.5. The number of pyridine rings is 1. The number of aryl methyl sites for hydroxylation is 1. The minimum Gasteiger partial charge on any atom is -0.493 e. The first kappa shape index (κ1) is 31.4. The highest BCUT2D eigenvalue weighted by molar-refractivity contribution is 5.79. The van der Waals surface area contributed by atoms with Crippen LogP contribution in [0, 0.1) is 0 Å². The summed E-state index contributed by atoms with van der Waals surface area (Å²) in [6, 6.07) is 17.2. The molecule has 1 saturated heterocycles. The molecule has 2 aliphatic heterocycles. The normalized spacial score (nSPS) is 19.4. The van der Waals surface area contributed by atoms with Crippen LogP contribution in [0.25, 0.3) is 0 Å². The largest absolute Gasteiger partial charge is 0.493 e. The summed E-state index contributed by atoms with van der Waals surface area (Å²) in [5.74, 6) is 1.88. The first-order valence-corrected chi connectivity index (χ1v) is 15.2. The van der Waals surface area contributed by atoms with E-state index in [1.54, 1.807) is 26.6 Å². The smallest absolute Gasteiger partial charge is 0.234 e. The molecule has 0 unspecified atom stereocenters. The molecule has 1 N–H and O–H groups in total. The van der Waals surface area contributed by atoms with E-state index in [9.17, 15) is 9.59 Å². The highest BCUT2D eigenvalue weighted by Gasteiger charge is 2.33. The predicted octanol–water partition coefficient (Wildman–Crippen LogP) is 3.97. The van der Waals surface area contributed by atoms with Crippen LogP contribution in [0.4, 0.5) is 0 Å². The second-order valence-corrected chi connectivity index (χ2v) is 11.3. The molecule has 1 fully saturated rings. The summed E-state index contributed by atoms with van der Waals surface area (Å²) in [5.41, 5.74) is 2.98. The Morgan fingerprint density at radius 3 is 2.82 bits per heavy atom. The number of fused-ring (bicyclic) bond motifs is 5. The van der Waals surface area contributed by atoms with Gasteiger partial charge < -0.3 is 29.2 Å². The van der Waals surface area contributed by atoms with E-state index in [-0.39, 0.29) is 30.5 Å². The molecule has 5 rings (SSSR count). The Bertz CT molecular complexity index is 1390. The van der Waals surface area contributed by atoms with E-state index < -0.39 is 0 Å². The fourth-order valence-corrected chi connectivity index (χ4v) is 5.74. The van der Waals surface area contributed by atoms with Crippen molar-refractivity contribution in [3.8, 4) is 17.2 Å². The zero-order valence-corrected chi connectivity index (χ0v) is 25.6. The van der Waals surface area contributed by atoms with Crippen molar-refractivity contribution in [1.82, 2.24) is 20.1 Å². The zero-order valence-electron chi connectivity index (χ0n) is 25.6. The summed E-state index contributed by atoms with van der Waals surface area (Å²) in [6.45, 7) is 3.34. The number of amides is 2. The van der Waals surface area contributed by atoms with Crippen LogP contribution >= 0.6 is 0 Å². The molecule has 3 aromatic rings. The quantitative estimate of drug-likeness (QED) is 0.387. The van der Waals surface area contributed by atoms with Crippen LogP contribution < -0.4 is 14.8 Å². The standard InChI is InChI=1S/C34H42N4O6/c1-41-17-5-15-37-21-26-9-11-31(42-2)32(19-26)44-28-8-3-6-27(18-28)24-43-30-13-16-38(22-29(30)36-33(39)23-37)34(40)12-10-25-7-4-14-35-20-25/h3-4,6-9,11,14,18-20,29-30H,5,10,12-13,15-17,21-24H2,1-2H3,(H,36,39)/t29-,30+/m1/s1. The lowest BCUT2D eigenvalue weighted by atomic mass is 10.0. The Hall–Kier alpha value is -3.99. The number of methoxy groups -OCH3 is 2. The maximum Gasteiger partial charge on any atom is 0.234 e. The first-order chi connectivity index (χ1) is 21.5. The van der Waals surface area contributed by atoms with Gasteiger partial charge in [0.05, 0.1) is 32.4 Å². The molecular formula is C34H42N4O6. The Labute approximate surface area is 259 Å². The number of nitrogens with one attached hydrogen (secondary N) is 1. The van der Waals surface area contributed by atoms with Crippen LogP contribution in [0.1, 0.15) is 36.0 Å². The molecule has 2 atom stereocenters. The number of likely N-dealkylation sites (tertiary alicyclic amines) is 1. The average Bonchev–Trinajstić information content (AvgIpc) is 3.03. The summed E-state index contributed by atoms with van der Waals surface area (Å²) in [6.07, 6.45) is 5.70. The van der Waals surface area contributed by atoms with Crippen molar-refractivity contribution in [2.45, 2.75) is 51.0 Å². The highest BCUT2D eigenvalue weighted by Crippen LogP contribution is 2.33. The number of nitrogens with zero attached hydrogens (tertiary/aromatic N) is 3. The number of rotatable bonds is 8. The fraction of sp³-hybridized carbons (Fsp3) is 0.441. The molecule has 0 aliphatic carbocycles. The van der Waals surface area contributed by atoms with E-state index in [4.69, 9.17) is 18.9 Å². The summed E-state index contributed by atoms with van der Waals surface area (Å²) in [5, 5.41) is 3.23. The van der Waals surface area contributed by atoms with Crippen LogP contribution in [0.3, 0.4) is 0 Å². The number of benzene rings is 2. The lowest BCUT2D eigenvalue weighted by molar-refractivity contribution is -0.137. The van der Waals surface area contributed by atoms with Crippen LogP contribution in [0.2, 0.25) is 0 Å². The van der Waals surface area contributed by atoms with Gasteiger partial charge >= 0.3 is 0 Å². The van der Waals surface area contributed by atoms with Gasteiger partial charge in [-0.2, -0.15) is 0 Å². The van der Waals surface area contributed by atoms with Crippen LogP contribution in [0.15, 0.2) is 67.0 Å². The predicted molar refractivity (Wildman–Crippen MR) is 166 cm³/mol. The minimum absolute atomic E-state index is 0.0649. The first-order valence-electron chi connectivity index (χ1n) is 15.2. The number of carbonyl (C=O) groups excluding carboxylic acids is 2. The topological polar surface area (TPSA) is 102 Å². The lowest BCUT2D eigenvalue weighted by Gasteiger charge is -2.39. The molecule has 3 heterocycles. The third-order valence-corrected chi connectivity index (χ3v) is 8.01. The number of carbonyl (C=O) groups is 2. The summed E-state index contributed by atoms with van der Waals surface area (Å²) in [7, 11) is 3.30. The Kier molecular flexibility index (Phi) is 11.2. The van der Waals surface area contributed by atoms with Gasteiger partial charge in [-0.25, -0.2) is 0 Å². The van der Waals surface area contributed by atoms with Crippen molar-refractivity contribution in [1.29, 1.82) is 0 Å². The third kappa shape index (κ3) is 8.78. The molecular weight excluding hydrogens is 560 g/mol. The molecule has 0 spiro atoms. The summed E-state index contributed by atoms with van der Waals surface area (Å²) >= 11 is 0. The Balaban J connectivity index is 1.36. The van der Waals surface area contributed by atoms with Crippen molar-refractivity contribution >= 4 is 11.8 Å². The molecule has 2 aromatic carbocycles. The molecule has 4 bridgehead atoms. The Morgan fingerprint density at radius 1 is 1.09 bits per heavy atom. The second kappa shape index (κ2) is 15.7. The summed E-state index contributed by atoms with van der Waals surface area (Å²) in [4.78, 5) is 34.8. The van der Waals surface area contributed by atoms with Gasteiger partial charge in [-0.15, -0.1) is 0 Å². The van der Waals surface area contributed by atoms with Crippen molar-refractivity contribution in [2.75, 3.05) is 47.0 Å². The van der Waals surface area contributed by atoms with Gasteiger partial charge in [0.2, 0.25) is 11.8 Å². The number of aromatic nitrogens is 1. The molecule has 1 aromatic heterocycles. The van der Waals surface area contributed by atoms with E-state index in [2.05, 4.69) is 15.2 Å². The van der Waals surface area contributed by atoms with Crippen molar-refractivity contribution < 1.29 is 28.5 Å². The van der Waals surface area contributed by atoms with Crippen LogP contribution in [-0.4, -0.2) is 85.7 Å². The van der Waals surface area contributed by atoms with E-state index in [0.29, 0.717) is 75.9 Å². The third-order valence-electron chi connectivity index (χ3n) is 8.01. The van der Waals surface area contributed by atoms with Crippen LogP contribution in [-0.2, 0) is 38.6 Å². The molecule has 44 heavy (non-hydrogen) atoms. The maximum absolute atomic E-state index is 13.5. The van der Waals surface area contributed by atoms with Gasteiger partial charge in [0.1, 0.15) is 5.75 Å². The van der Waals surface area contributed by atoms with E-state index in [1.807, 2.05) is 59.5 Å². The number of hydrogen-bond acceptors (Lipinski definition) is 8. The van der Waals surface area contributed by atoms with Gasteiger partial charge in [-0.3, -0.25) is 19.5 Å². The number of hydrogen-bond donors (Lipinski definition) is 1. The Morgan fingerprint density at radius 2 is 2.00 bits per heavy atom. The minimum atomic E-state index is -0.334. The molecule has 0 radical (unpaired) electrons. The molecule has 2 aliphatic rings. The molecule has 234 valence electrons. The summed E-state index contributed by atoms with van der Waals surface area (Å²) < 4.78 is 23.6. The number of piperidine rings is 1. The van der Waals surface area contributed by atoms with Gasteiger partial charge in [0, 0.05) is 58.7 Å². The highest BCUT2D eigenvalue weighted by atomic mass is 16.5. The zero-order chi connectivity index (χ0) is 30.7. The monoisotopic (exact) mass is 602 g/mol.